The van der Waals surface area contributed by atoms with Crippen LogP contribution < -0.4 is 14.8 Å². The lowest BCUT2D eigenvalue weighted by atomic mass is 9.93. The summed E-state index contributed by atoms with van der Waals surface area (Å²) in [5.74, 6) is 0.931. The Morgan fingerprint density at radius 3 is 2.55 bits per heavy atom. The first-order chi connectivity index (χ1) is 10.6. The van der Waals surface area contributed by atoms with Crippen LogP contribution in [0.2, 0.25) is 5.02 Å². The fourth-order valence-electron chi connectivity index (χ4n) is 2.75. The molecule has 3 rings (SSSR count). The van der Waals surface area contributed by atoms with Gasteiger partial charge in [-0.15, -0.1) is 0 Å². The van der Waals surface area contributed by atoms with Crippen molar-refractivity contribution in [1.82, 2.24) is 0 Å². The third-order valence-corrected chi connectivity index (χ3v) is 4.24. The number of anilines is 1. The predicted molar refractivity (Wildman–Crippen MR) is 86.1 cm³/mol. The van der Waals surface area contributed by atoms with Gasteiger partial charge in [-0.25, -0.2) is 0 Å². The zero-order chi connectivity index (χ0) is 15.7. The minimum Gasteiger partial charge on any atom is -0.493 e. The lowest BCUT2D eigenvalue weighted by molar-refractivity contribution is -0.117. The number of methoxy groups -OCH3 is 2. The number of hydrogen-bond donors (Lipinski definition) is 1. The van der Waals surface area contributed by atoms with Crippen LogP contribution in [0.25, 0.3) is 0 Å². The van der Waals surface area contributed by atoms with E-state index in [1.807, 2.05) is 30.3 Å². The van der Waals surface area contributed by atoms with Crippen LogP contribution in [0.4, 0.5) is 5.69 Å². The number of benzene rings is 2. The SMILES string of the molecule is COc1cc(Cl)c(CC2C(=O)Nc3ccccc32)cc1OC. The standard InChI is InChI=1S/C17H16ClNO3/c1-21-15-8-10(13(18)9-16(15)22-2)7-12-11-5-3-4-6-14(11)19-17(12)20/h3-6,8-9,12H,7H2,1-2H3,(H,19,20). The third-order valence-electron chi connectivity index (χ3n) is 3.89. The highest BCUT2D eigenvalue weighted by atomic mass is 35.5. The second kappa shape index (κ2) is 5.89. The molecule has 0 saturated heterocycles. The van der Waals surface area contributed by atoms with Crippen molar-refractivity contribution in [2.24, 2.45) is 0 Å². The Hall–Kier alpha value is -2.20. The van der Waals surface area contributed by atoms with Crippen LogP contribution in [-0.4, -0.2) is 20.1 Å². The monoisotopic (exact) mass is 317 g/mol. The number of fused-ring (bicyclic) bond motifs is 1. The van der Waals surface area contributed by atoms with E-state index in [2.05, 4.69) is 5.32 Å². The van der Waals surface area contributed by atoms with Crippen LogP contribution in [-0.2, 0) is 11.2 Å². The molecule has 0 aromatic heterocycles. The molecule has 0 aliphatic carbocycles. The van der Waals surface area contributed by atoms with Gasteiger partial charge in [-0.1, -0.05) is 29.8 Å². The summed E-state index contributed by atoms with van der Waals surface area (Å²) in [5.41, 5.74) is 2.73. The molecular formula is C17H16ClNO3. The van der Waals surface area contributed by atoms with Crippen molar-refractivity contribution in [2.45, 2.75) is 12.3 Å². The molecule has 5 heteroatoms. The van der Waals surface area contributed by atoms with Crippen molar-refractivity contribution in [3.05, 3.63) is 52.5 Å². The second-order valence-electron chi connectivity index (χ2n) is 5.13. The molecule has 1 atom stereocenters. The highest BCUT2D eigenvalue weighted by Gasteiger charge is 2.31. The van der Waals surface area contributed by atoms with E-state index >= 15 is 0 Å². The summed E-state index contributed by atoms with van der Waals surface area (Å²) in [4.78, 5) is 12.2. The summed E-state index contributed by atoms with van der Waals surface area (Å²) in [6.45, 7) is 0. The van der Waals surface area contributed by atoms with Gasteiger partial charge in [0.2, 0.25) is 5.91 Å². The van der Waals surface area contributed by atoms with E-state index in [1.165, 1.54) is 0 Å². The molecule has 0 bridgehead atoms. The number of hydrogen-bond acceptors (Lipinski definition) is 3. The summed E-state index contributed by atoms with van der Waals surface area (Å²) in [7, 11) is 3.14. The Bertz CT molecular complexity index is 730. The molecule has 22 heavy (non-hydrogen) atoms. The zero-order valence-electron chi connectivity index (χ0n) is 12.4. The van der Waals surface area contributed by atoms with Crippen molar-refractivity contribution in [3.63, 3.8) is 0 Å². The van der Waals surface area contributed by atoms with E-state index in [4.69, 9.17) is 21.1 Å². The van der Waals surface area contributed by atoms with Crippen molar-refractivity contribution >= 4 is 23.2 Å². The molecule has 0 fully saturated rings. The Morgan fingerprint density at radius 1 is 1.14 bits per heavy atom. The Kier molecular flexibility index (Phi) is 3.94. The highest BCUT2D eigenvalue weighted by Crippen LogP contribution is 2.39. The summed E-state index contributed by atoms with van der Waals surface area (Å²) >= 11 is 6.32. The number of ether oxygens (including phenoxy) is 2. The first-order valence-electron chi connectivity index (χ1n) is 6.94. The number of halogens is 1. The fraction of sp³-hybridized carbons (Fsp3) is 0.235. The van der Waals surface area contributed by atoms with Crippen molar-refractivity contribution in [3.8, 4) is 11.5 Å². The normalized spacial score (nSPS) is 16.1. The van der Waals surface area contributed by atoms with E-state index in [1.54, 1.807) is 20.3 Å². The minimum absolute atomic E-state index is 0.00736. The summed E-state index contributed by atoms with van der Waals surface area (Å²) in [6.07, 6.45) is 0.516. The van der Waals surface area contributed by atoms with Gasteiger partial charge in [-0.2, -0.15) is 0 Å². The summed E-state index contributed by atoms with van der Waals surface area (Å²) < 4.78 is 10.5. The van der Waals surface area contributed by atoms with Crippen LogP contribution >= 0.6 is 11.6 Å². The predicted octanol–water partition coefficient (Wildman–Crippen LogP) is 3.64. The molecule has 0 spiro atoms. The number of para-hydroxylation sites is 1. The van der Waals surface area contributed by atoms with E-state index in [0.717, 1.165) is 16.8 Å². The van der Waals surface area contributed by atoms with Gasteiger partial charge in [-0.05, 0) is 29.7 Å². The first kappa shape index (κ1) is 14.7. The Labute approximate surface area is 134 Å². The maximum Gasteiger partial charge on any atom is 0.232 e. The lowest BCUT2D eigenvalue weighted by Gasteiger charge is -2.14. The smallest absolute Gasteiger partial charge is 0.232 e. The quantitative estimate of drug-likeness (QED) is 0.936. The Morgan fingerprint density at radius 2 is 1.82 bits per heavy atom. The zero-order valence-corrected chi connectivity index (χ0v) is 13.1. The van der Waals surface area contributed by atoms with Crippen LogP contribution in [0, 0.1) is 0 Å². The number of amides is 1. The van der Waals surface area contributed by atoms with Gasteiger partial charge in [-0.3, -0.25) is 4.79 Å². The molecule has 114 valence electrons. The number of carbonyl (C=O) groups is 1. The van der Waals surface area contributed by atoms with Crippen molar-refractivity contribution in [1.29, 1.82) is 0 Å². The van der Waals surface area contributed by atoms with Crippen LogP contribution in [0.3, 0.4) is 0 Å². The Balaban J connectivity index is 1.95. The molecule has 2 aromatic carbocycles. The number of rotatable bonds is 4. The highest BCUT2D eigenvalue weighted by molar-refractivity contribution is 6.31. The van der Waals surface area contributed by atoms with Gasteiger partial charge in [0.15, 0.2) is 11.5 Å². The van der Waals surface area contributed by atoms with Gasteiger partial charge >= 0.3 is 0 Å². The van der Waals surface area contributed by atoms with Gasteiger partial charge in [0.05, 0.1) is 20.1 Å². The molecule has 1 unspecified atom stereocenters. The van der Waals surface area contributed by atoms with E-state index in [0.29, 0.717) is 22.9 Å². The number of nitrogens with one attached hydrogen (secondary N) is 1. The molecule has 0 radical (unpaired) electrons. The van der Waals surface area contributed by atoms with E-state index in [-0.39, 0.29) is 11.8 Å². The van der Waals surface area contributed by atoms with Gasteiger partial charge in [0, 0.05) is 16.8 Å². The van der Waals surface area contributed by atoms with Crippen molar-refractivity contribution < 1.29 is 14.3 Å². The average Bonchev–Trinajstić information content (AvgIpc) is 2.84. The molecule has 0 saturated carbocycles. The summed E-state index contributed by atoms with van der Waals surface area (Å²) in [5, 5.41) is 3.47. The van der Waals surface area contributed by atoms with E-state index < -0.39 is 0 Å². The molecule has 1 amide bonds. The molecule has 1 heterocycles. The second-order valence-corrected chi connectivity index (χ2v) is 5.54. The molecule has 1 aliphatic rings. The first-order valence-corrected chi connectivity index (χ1v) is 7.32. The molecule has 4 nitrogen and oxygen atoms in total. The maximum absolute atomic E-state index is 12.2. The molecule has 2 aromatic rings. The van der Waals surface area contributed by atoms with Crippen LogP contribution in [0.1, 0.15) is 17.0 Å². The van der Waals surface area contributed by atoms with E-state index in [9.17, 15) is 4.79 Å². The largest absolute Gasteiger partial charge is 0.493 e. The van der Waals surface area contributed by atoms with Gasteiger partial charge in [0.25, 0.3) is 0 Å². The molecule has 1 N–H and O–H groups in total. The maximum atomic E-state index is 12.2. The van der Waals surface area contributed by atoms with Crippen molar-refractivity contribution in [2.75, 3.05) is 19.5 Å². The average molecular weight is 318 g/mol. The third kappa shape index (κ3) is 2.50. The molecular weight excluding hydrogens is 302 g/mol. The minimum atomic E-state index is -0.244. The number of carbonyl (C=O) groups excluding carboxylic acids is 1. The van der Waals surface area contributed by atoms with Gasteiger partial charge < -0.3 is 14.8 Å². The van der Waals surface area contributed by atoms with Gasteiger partial charge in [0.1, 0.15) is 0 Å². The summed E-state index contributed by atoms with van der Waals surface area (Å²) in [6, 6.07) is 11.3. The molecule has 1 aliphatic heterocycles. The lowest BCUT2D eigenvalue weighted by Crippen LogP contribution is -2.14. The fourth-order valence-corrected chi connectivity index (χ4v) is 2.98. The van der Waals surface area contributed by atoms with Crippen LogP contribution in [0.15, 0.2) is 36.4 Å². The topological polar surface area (TPSA) is 47.6 Å². The van der Waals surface area contributed by atoms with Crippen LogP contribution in [0.5, 0.6) is 11.5 Å².